The van der Waals surface area contributed by atoms with Gasteiger partial charge < -0.3 is 10.1 Å². The average Bonchev–Trinajstić information content (AvgIpc) is 2.94. The first-order chi connectivity index (χ1) is 10.3. The van der Waals surface area contributed by atoms with E-state index in [0.717, 1.165) is 10.6 Å². The van der Waals surface area contributed by atoms with Gasteiger partial charge in [0.2, 0.25) is 0 Å². The number of ether oxygens (including phenoxy) is 1. The molecule has 1 aromatic carbocycles. The highest BCUT2D eigenvalue weighted by molar-refractivity contribution is 7.13. The maximum Gasteiger partial charge on any atom is 0.358 e. The van der Waals surface area contributed by atoms with Crippen molar-refractivity contribution in [3.05, 3.63) is 41.4 Å². The van der Waals surface area contributed by atoms with E-state index in [9.17, 15) is 9.59 Å². The molecule has 0 bridgehead atoms. The van der Waals surface area contributed by atoms with E-state index in [1.54, 1.807) is 5.38 Å². The Hall–Kier alpha value is -2.21. The molecule has 2 aromatic rings. The van der Waals surface area contributed by atoms with Crippen molar-refractivity contribution < 1.29 is 14.3 Å². The number of nitrogens with one attached hydrogen (secondary N) is 1. The van der Waals surface area contributed by atoms with Gasteiger partial charge in [0.25, 0.3) is 5.91 Å². The first-order valence-electron chi connectivity index (χ1n) is 6.84. The van der Waals surface area contributed by atoms with Gasteiger partial charge in [0.05, 0.1) is 0 Å². The fourth-order valence-corrected chi connectivity index (χ4v) is 2.54. The fraction of sp³-hybridized carbons (Fsp3) is 0.312. The molecule has 0 aliphatic carbocycles. The van der Waals surface area contributed by atoms with Crippen LogP contribution < -0.4 is 5.32 Å². The molecule has 2 rings (SSSR count). The van der Waals surface area contributed by atoms with E-state index < -0.39 is 5.97 Å². The largest absolute Gasteiger partial charge is 0.451 e. The molecule has 1 amide bonds. The van der Waals surface area contributed by atoms with Gasteiger partial charge in [0.1, 0.15) is 5.01 Å². The number of amides is 1. The molecule has 0 saturated carbocycles. The quantitative estimate of drug-likeness (QED) is 0.880. The summed E-state index contributed by atoms with van der Waals surface area (Å²) in [4.78, 5) is 27.8. The zero-order chi connectivity index (χ0) is 16.2. The van der Waals surface area contributed by atoms with Gasteiger partial charge in [-0.1, -0.05) is 30.3 Å². The molecule has 22 heavy (non-hydrogen) atoms. The molecule has 0 saturated heterocycles. The second-order valence-electron chi connectivity index (χ2n) is 5.78. The molecular weight excluding hydrogens is 300 g/mol. The molecule has 0 atom stereocenters. The van der Waals surface area contributed by atoms with Crippen molar-refractivity contribution >= 4 is 23.2 Å². The van der Waals surface area contributed by atoms with Crippen LogP contribution in [0.5, 0.6) is 0 Å². The minimum atomic E-state index is -0.595. The number of nitrogens with zero attached hydrogens (tertiary/aromatic N) is 1. The number of carbonyl (C=O) groups excluding carboxylic acids is 2. The monoisotopic (exact) mass is 318 g/mol. The molecule has 1 heterocycles. The molecule has 6 heteroatoms. The van der Waals surface area contributed by atoms with Gasteiger partial charge in [0, 0.05) is 16.5 Å². The van der Waals surface area contributed by atoms with E-state index in [1.807, 2.05) is 51.1 Å². The van der Waals surface area contributed by atoms with E-state index in [0.29, 0.717) is 0 Å². The second kappa shape index (κ2) is 6.70. The lowest BCUT2D eigenvalue weighted by molar-refractivity contribution is -0.125. The predicted octanol–water partition coefficient (Wildman–Crippen LogP) is 2.88. The zero-order valence-electron chi connectivity index (χ0n) is 12.8. The van der Waals surface area contributed by atoms with E-state index in [1.165, 1.54) is 11.3 Å². The van der Waals surface area contributed by atoms with Gasteiger partial charge in [0.15, 0.2) is 12.3 Å². The molecule has 0 radical (unpaired) electrons. The molecule has 0 aliphatic heterocycles. The number of rotatable bonds is 4. The van der Waals surface area contributed by atoms with Crippen LogP contribution in [0.2, 0.25) is 0 Å². The molecule has 0 fully saturated rings. The number of esters is 1. The first kappa shape index (κ1) is 16.2. The Morgan fingerprint density at radius 2 is 1.91 bits per heavy atom. The van der Waals surface area contributed by atoms with E-state index >= 15 is 0 Å². The summed E-state index contributed by atoms with van der Waals surface area (Å²) < 4.78 is 4.98. The van der Waals surface area contributed by atoms with Crippen LogP contribution >= 0.6 is 11.3 Å². The zero-order valence-corrected chi connectivity index (χ0v) is 13.6. The van der Waals surface area contributed by atoms with Crippen LogP contribution in [0.25, 0.3) is 10.6 Å². The summed E-state index contributed by atoms with van der Waals surface area (Å²) in [7, 11) is 0. The van der Waals surface area contributed by atoms with Crippen LogP contribution in [0.3, 0.4) is 0 Å². The Balaban J connectivity index is 1.94. The molecule has 5 nitrogen and oxygen atoms in total. The highest BCUT2D eigenvalue weighted by atomic mass is 32.1. The molecule has 0 unspecified atom stereocenters. The standard InChI is InChI=1S/C16H18N2O3S/c1-16(2,3)18-13(19)9-21-15(20)12-10-22-14(17-12)11-7-5-4-6-8-11/h4-8,10H,9H2,1-3H3,(H,18,19). The molecule has 1 aromatic heterocycles. The number of aromatic nitrogens is 1. The minimum absolute atomic E-state index is 0.215. The van der Waals surface area contributed by atoms with Crippen molar-refractivity contribution in [2.45, 2.75) is 26.3 Å². The van der Waals surface area contributed by atoms with Crippen LogP contribution in [0, 0.1) is 0 Å². The summed E-state index contributed by atoms with van der Waals surface area (Å²) >= 11 is 1.36. The summed E-state index contributed by atoms with van der Waals surface area (Å²) in [6.45, 7) is 5.27. The van der Waals surface area contributed by atoms with E-state index in [2.05, 4.69) is 10.3 Å². The van der Waals surface area contributed by atoms with Crippen molar-refractivity contribution in [2.24, 2.45) is 0 Å². The molecule has 0 aliphatic rings. The van der Waals surface area contributed by atoms with Crippen LogP contribution in [0.4, 0.5) is 0 Å². The van der Waals surface area contributed by atoms with Crippen molar-refractivity contribution in [3.63, 3.8) is 0 Å². The van der Waals surface area contributed by atoms with Crippen molar-refractivity contribution in [1.82, 2.24) is 10.3 Å². The lowest BCUT2D eigenvalue weighted by Gasteiger charge is -2.20. The molecular formula is C16H18N2O3S. The third-order valence-corrected chi connectivity index (χ3v) is 3.47. The van der Waals surface area contributed by atoms with Crippen molar-refractivity contribution in [3.8, 4) is 10.6 Å². The Kier molecular flexibility index (Phi) is 4.92. The maximum atomic E-state index is 11.9. The second-order valence-corrected chi connectivity index (χ2v) is 6.64. The van der Waals surface area contributed by atoms with Crippen molar-refractivity contribution in [1.29, 1.82) is 0 Å². The average molecular weight is 318 g/mol. The van der Waals surface area contributed by atoms with Gasteiger partial charge >= 0.3 is 5.97 Å². The number of thiazole rings is 1. The van der Waals surface area contributed by atoms with Gasteiger partial charge in [-0.15, -0.1) is 11.3 Å². The number of hydrogen-bond donors (Lipinski definition) is 1. The Labute approximate surface area is 133 Å². The summed E-state index contributed by atoms with van der Waals surface area (Å²) in [5.41, 5.74) is 0.800. The smallest absolute Gasteiger partial charge is 0.358 e. The summed E-state index contributed by atoms with van der Waals surface area (Å²) in [5.74, 6) is -0.929. The molecule has 116 valence electrons. The highest BCUT2D eigenvalue weighted by Crippen LogP contribution is 2.23. The first-order valence-corrected chi connectivity index (χ1v) is 7.72. The SMILES string of the molecule is CC(C)(C)NC(=O)COC(=O)c1csc(-c2ccccc2)n1. The number of hydrogen-bond acceptors (Lipinski definition) is 5. The third kappa shape index (κ3) is 4.66. The third-order valence-electron chi connectivity index (χ3n) is 2.58. The Morgan fingerprint density at radius 3 is 2.55 bits per heavy atom. The van der Waals surface area contributed by atoms with Crippen molar-refractivity contribution in [2.75, 3.05) is 6.61 Å². The Morgan fingerprint density at radius 1 is 1.23 bits per heavy atom. The molecule has 1 N–H and O–H groups in total. The Bertz CT molecular complexity index is 660. The highest BCUT2D eigenvalue weighted by Gasteiger charge is 2.17. The minimum Gasteiger partial charge on any atom is -0.451 e. The fourth-order valence-electron chi connectivity index (χ4n) is 1.74. The topological polar surface area (TPSA) is 68.3 Å². The molecule has 0 spiro atoms. The summed E-state index contributed by atoms with van der Waals surface area (Å²) in [6, 6.07) is 9.58. The van der Waals surface area contributed by atoms with Gasteiger partial charge in [-0.2, -0.15) is 0 Å². The van der Waals surface area contributed by atoms with Crippen LogP contribution in [0.1, 0.15) is 31.3 Å². The lowest BCUT2D eigenvalue weighted by atomic mass is 10.1. The van der Waals surface area contributed by atoms with Crippen LogP contribution in [-0.2, 0) is 9.53 Å². The van der Waals surface area contributed by atoms with Gasteiger partial charge in [-0.25, -0.2) is 9.78 Å². The maximum absolute atomic E-state index is 11.9. The number of benzene rings is 1. The summed E-state index contributed by atoms with van der Waals surface area (Å²) in [5, 5.41) is 5.10. The van der Waals surface area contributed by atoms with Crippen LogP contribution in [-0.4, -0.2) is 29.0 Å². The van der Waals surface area contributed by atoms with E-state index in [-0.39, 0.29) is 23.7 Å². The summed E-state index contributed by atoms with van der Waals surface area (Å²) in [6.07, 6.45) is 0. The van der Waals surface area contributed by atoms with Crippen LogP contribution in [0.15, 0.2) is 35.7 Å². The number of carbonyl (C=O) groups is 2. The predicted molar refractivity (Wildman–Crippen MR) is 85.7 cm³/mol. The van der Waals surface area contributed by atoms with E-state index in [4.69, 9.17) is 4.74 Å². The normalized spacial score (nSPS) is 11.0. The van der Waals surface area contributed by atoms with Gasteiger partial charge in [-0.3, -0.25) is 4.79 Å². The van der Waals surface area contributed by atoms with Gasteiger partial charge in [-0.05, 0) is 20.8 Å². The lowest BCUT2D eigenvalue weighted by Crippen LogP contribution is -2.42.